The normalized spacial score (nSPS) is 39.0. The van der Waals surface area contributed by atoms with E-state index in [0.717, 1.165) is 16.7 Å². The van der Waals surface area contributed by atoms with Crippen LogP contribution in [0.1, 0.15) is 39.7 Å². The van der Waals surface area contributed by atoms with Crippen molar-refractivity contribution in [2.45, 2.75) is 58.8 Å². The molecule has 0 aromatic heterocycles. The van der Waals surface area contributed by atoms with Crippen LogP contribution >= 0.6 is 0 Å². The number of ketones is 1. The van der Waals surface area contributed by atoms with E-state index >= 15 is 0 Å². The summed E-state index contributed by atoms with van der Waals surface area (Å²) in [6.07, 6.45) is 6.26. The lowest BCUT2D eigenvalue weighted by atomic mass is 9.54. The molecule has 0 saturated carbocycles. The van der Waals surface area contributed by atoms with Gasteiger partial charge >= 0.3 is 0 Å². The molecular weight excluding hydrogens is 414 g/mol. The lowest BCUT2D eigenvalue weighted by Crippen LogP contribution is -2.57. The van der Waals surface area contributed by atoms with Crippen molar-refractivity contribution < 1.29 is 19.8 Å². The first kappa shape index (κ1) is 23.7. The van der Waals surface area contributed by atoms with Crippen LogP contribution in [0.5, 0.6) is 0 Å². The maximum Gasteiger partial charge on any atom is 0.230 e. The van der Waals surface area contributed by atoms with E-state index in [4.69, 9.17) is 0 Å². The SMILES string of the molecule is CC1=C(C)[C@H]2[C@@H](Cc3ccccc3)NC(=O)C23[C@H](O)C=C[C@H](C)C(=O)[C@@H](C)CC=C[C@H]3[C@@H]1O. The smallest absolute Gasteiger partial charge is 0.230 e. The van der Waals surface area contributed by atoms with Crippen LogP contribution in [0.4, 0.5) is 0 Å². The highest BCUT2D eigenvalue weighted by molar-refractivity contribution is 5.89. The maximum atomic E-state index is 13.8. The summed E-state index contributed by atoms with van der Waals surface area (Å²) in [7, 11) is 0. The van der Waals surface area contributed by atoms with Crippen molar-refractivity contribution in [2.75, 3.05) is 0 Å². The Kier molecular flexibility index (Phi) is 6.47. The van der Waals surface area contributed by atoms with Gasteiger partial charge < -0.3 is 15.5 Å². The minimum atomic E-state index is -1.24. The van der Waals surface area contributed by atoms with E-state index in [9.17, 15) is 19.8 Å². The van der Waals surface area contributed by atoms with Crippen molar-refractivity contribution in [1.82, 2.24) is 5.32 Å². The Labute approximate surface area is 196 Å². The van der Waals surface area contributed by atoms with E-state index in [-0.39, 0.29) is 35.5 Å². The second-order valence-electron chi connectivity index (χ2n) is 10.1. The maximum absolute atomic E-state index is 13.8. The van der Waals surface area contributed by atoms with Crippen molar-refractivity contribution in [2.24, 2.45) is 29.1 Å². The van der Waals surface area contributed by atoms with E-state index in [2.05, 4.69) is 5.32 Å². The molecule has 5 nitrogen and oxygen atoms in total. The monoisotopic (exact) mass is 449 g/mol. The molecule has 8 atom stereocenters. The molecule has 2 aliphatic carbocycles. The summed E-state index contributed by atoms with van der Waals surface area (Å²) in [5.74, 6) is -1.55. The topological polar surface area (TPSA) is 86.6 Å². The van der Waals surface area contributed by atoms with Crippen molar-refractivity contribution >= 4 is 11.7 Å². The molecule has 1 amide bonds. The van der Waals surface area contributed by atoms with E-state index in [0.29, 0.717) is 12.8 Å². The number of benzene rings is 1. The summed E-state index contributed by atoms with van der Waals surface area (Å²) in [6, 6.07) is 9.81. The minimum Gasteiger partial charge on any atom is -0.388 e. The summed E-state index contributed by atoms with van der Waals surface area (Å²) < 4.78 is 0. The lowest BCUT2D eigenvalue weighted by Gasteiger charge is -2.48. The zero-order chi connectivity index (χ0) is 23.9. The van der Waals surface area contributed by atoms with Crippen molar-refractivity contribution in [1.29, 1.82) is 0 Å². The Morgan fingerprint density at radius 3 is 2.39 bits per heavy atom. The second-order valence-corrected chi connectivity index (χ2v) is 10.1. The molecule has 3 aliphatic rings. The van der Waals surface area contributed by atoms with Crippen LogP contribution in [0, 0.1) is 29.1 Å². The Morgan fingerprint density at radius 2 is 1.70 bits per heavy atom. The standard InChI is InChI=1S/C28H35NO4/c1-16-9-8-12-21-26(32)19(4)18(3)24-22(15-20-10-6-5-7-11-20)29-27(33)28(21,24)23(30)14-13-17(2)25(16)31/h5-8,10-14,16-17,21-24,26,30,32H,9,15H2,1-4H3,(H,29,33)/t16-,17-,21-,22+,23+,24-,26+,28?/m0/s1. The second kappa shape index (κ2) is 9.03. The van der Waals surface area contributed by atoms with Gasteiger partial charge in [0.05, 0.1) is 17.6 Å². The molecular formula is C28H35NO4. The molecule has 1 aliphatic heterocycles. The lowest BCUT2D eigenvalue weighted by molar-refractivity contribution is -0.141. The average Bonchev–Trinajstić information content (AvgIpc) is 3.09. The van der Waals surface area contributed by atoms with Gasteiger partial charge in [0, 0.05) is 29.7 Å². The Hall–Kier alpha value is -2.50. The van der Waals surface area contributed by atoms with Gasteiger partial charge in [-0.15, -0.1) is 0 Å². The molecule has 0 bridgehead atoms. The third-order valence-electron chi connectivity index (χ3n) is 8.19. The number of amides is 1. The number of hydrogen-bond acceptors (Lipinski definition) is 4. The Bertz CT molecular complexity index is 1010. The van der Waals surface area contributed by atoms with E-state index in [1.54, 1.807) is 12.2 Å². The van der Waals surface area contributed by atoms with Crippen molar-refractivity contribution in [3.63, 3.8) is 0 Å². The molecule has 176 valence electrons. The van der Waals surface area contributed by atoms with Gasteiger partial charge in [0.1, 0.15) is 5.78 Å². The molecule has 5 heteroatoms. The third kappa shape index (κ3) is 3.81. The number of rotatable bonds is 2. The fraction of sp³-hybridized carbons (Fsp3) is 0.500. The number of allylic oxidation sites excluding steroid dienone is 2. The van der Waals surface area contributed by atoms with E-state index in [1.807, 2.05) is 70.2 Å². The van der Waals surface area contributed by atoms with Crippen LogP contribution in [0.25, 0.3) is 0 Å². The van der Waals surface area contributed by atoms with Gasteiger partial charge in [-0.2, -0.15) is 0 Å². The molecule has 1 saturated heterocycles. The van der Waals surface area contributed by atoms with Crippen LogP contribution in [-0.4, -0.2) is 40.2 Å². The van der Waals surface area contributed by atoms with Gasteiger partial charge in [-0.05, 0) is 37.8 Å². The summed E-state index contributed by atoms with van der Waals surface area (Å²) in [6.45, 7) is 7.61. The molecule has 33 heavy (non-hydrogen) atoms. The predicted octanol–water partition coefficient (Wildman–Crippen LogP) is 3.38. The summed E-state index contributed by atoms with van der Waals surface area (Å²) in [4.78, 5) is 26.5. The molecule has 0 radical (unpaired) electrons. The quantitative estimate of drug-likeness (QED) is 0.604. The Morgan fingerprint density at radius 1 is 1.00 bits per heavy atom. The molecule has 1 aromatic rings. The predicted molar refractivity (Wildman–Crippen MR) is 128 cm³/mol. The van der Waals surface area contributed by atoms with Gasteiger partial charge in [-0.1, -0.05) is 74.1 Å². The number of Topliss-reactive ketones (excluding diaryl/α,β-unsaturated/α-hetero) is 1. The van der Waals surface area contributed by atoms with E-state index in [1.165, 1.54) is 0 Å². The van der Waals surface area contributed by atoms with Gasteiger partial charge in [-0.3, -0.25) is 9.59 Å². The number of hydrogen-bond donors (Lipinski definition) is 3. The summed E-state index contributed by atoms with van der Waals surface area (Å²) in [5.41, 5.74) is 1.67. The third-order valence-corrected chi connectivity index (χ3v) is 8.19. The van der Waals surface area contributed by atoms with Crippen LogP contribution < -0.4 is 5.32 Å². The molecule has 3 N–H and O–H groups in total. The zero-order valence-corrected chi connectivity index (χ0v) is 19.9. The number of nitrogens with one attached hydrogen (secondary N) is 1. The number of aliphatic hydroxyl groups is 2. The highest BCUT2D eigenvalue weighted by Gasteiger charge is 2.65. The molecule has 1 fully saturated rings. The van der Waals surface area contributed by atoms with Crippen molar-refractivity contribution in [3.8, 4) is 0 Å². The van der Waals surface area contributed by atoms with Crippen LogP contribution in [0.15, 0.2) is 65.8 Å². The number of carbonyl (C=O) groups excluding carboxylic acids is 2. The van der Waals surface area contributed by atoms with Crippen LogP contribution in [0.2, 0.25) is 0 Å². The first-order valence-corrected chi connectivity index (χ1v) is 12.0. The minimum absolute atomic E-state index is 0.103. The number of aliphatic hydroxyl groups excluding tert-OH is 2. The summed E-state index contributed by atoms with van der Waals surface area (Å²) in [5, 5.41) is 26.1. The molecule has 1 spiro atoms. The van der Waals surface area contributed by atoms with Gasteiger partial charge in [0.25, 0.3) is 0 Å². The van der Waals surface area contributed by atoms with Gasteiger partial charge in [0.2, 0.25) is 5.91 Å². The van der Waals surface area contributed by atoms with Gasteiger partial charge in [0.15, 0.2) is 0 Å². The summed E-state index contributed by atoms with van der Waals surface area (Å²) >= 11 is 0. The highest BCUT2D eigenvalue weighted by Crippen LogP contribution is 2.56. The molecule has 1 unspecified atom stereocenters. The zero-order valence-electron chi connectivity index (χ0n) is 19.9. The molecule has 1 aromatic carbocycles. The molecule has 1 heterocycles. The first-order valence-electron chi connectivity index (χ1n) is 12.0. The number of carbonyl (C=O) groups is 2. The average molecular weight is 450 g/mol. The van der Waals surface area contributed by atoms with Gasteiger partial charge in [-0.25, -0.2) is 0 Å². The highest BCUT2D eigenvalue weighted by atomic mass is 16.3. The largest absolute Gasteiger partial charge is 0.388 e. The first-order chi connectivity index (χ1) is 15.7. The van der Waals surface area contributed by atoms with Crippen LogP contribution in [0.3, 0.4) is 0 Å². The molecule has 4 rings (SSSR count). The Balaban J connectivity index is 1.87. The fourth-order valence-corrected chi connectivity index (χ4v) is 6.22. The van der Waals surface area contributed by atoms with E-state index < -0.39 is 23.5 Å². The van der Waals surface area contributed by atoms with Crippen molar-refractivity contribution in [3.05, 3.63) is 71.3 Å². The fourth-order valence-electron chi connectivity index (χ4n) is 6.22. The van der Waals surface area contributed by atoms with Crippen LogP contribution in [-0.2, 0) is 16.0 Å².